The van der Waals surface area contributed by atoms with Gasteiger partial charge in [-0.3, -0.25) is 14.5 Å². The van der Waals surface area contributed by atoms with Crippen molar-refractivity contribution in [1.29, 1.82) is 0 Å². The molecule has 0 aromatic heterocycles. The molecular formula is C22H25F3N4O3. The van der Waals surface area contributed by atoms with E-state index in [1.165, 1.54) is 41.1 Å². The fourth-order valence-corrected chi connectivity index (χ4v) is 4.25. The molecule has 2 heterocycles. The van der Waals surface area contributed by atoms with Crippen molar-refractivity contribution in [3.63, 3.8) is 0 Å². The van der Waals surface area contributed by atoms with Crippen LogP contribution < -0.4 is 10.6 Å². The van der Waals surface area contributed by atoms with Crippen LogP contribution in [0.3, 0.4) is 0 Å². The van der Waals surface area contributed by atoms with E-state index in [9.17, 15) is 27.6 Å². The molecule has 2 atom stereocenters. The van der Waals surface area contributed by atoms with E-state index in [0.717, 1.165) is 6.07 Å². The average Bonchev–Trinajstić information content (AvgIpc) is 3.06. The Hall–Kier alpha value is -3.30. The van der Waals surface area contributed by atoms with Crippen molar-refractivity contribution in [3.8, 4) is 0 Å². The van der Waals surface area contributed by atoms with E-state index in [4.69, 9.17) is 0 Å². The Bertz CT molecular complexity index is 987. The van der Waals surface area contributed by atoms with Crippen molar-refractivity contribution in [2.24, 2.45) is 5.92 Å². The Morgan fingerprint density at radius 3 is 2.53 bits per heavy atom. The van der Waals surface area contributed by atoms with E-state index in [2.05, 4.69) is 17.2 Å². The SMILES string of the molecule is C=CCN1C(=O)N[C@H](c2ccccc2C(F)(F)F)C2=C1CN([C@@H](C(=O)NC)C(C)C)C2=O. The zero-order valence-corrected chi connectivity index (χ0v) is 18.0. The van der Waals surface area contributed by atoms with Crippen LogP contribution in [0.4, 0.5) is 18.0 Å². The van der Waals surface area contributed by atoms with E-state index in [0.29, 0.717) is 0 Å². The number of nitrogens with zero attached hydrogens (tertiary/aromatic N) is 2. The summed E-state index contributed by atoms with van der Waals surface area (Å²) in [6, 6.07) is 2.04. The first-order chi connectivity index (χ1) is 15.0. The van der Waals surface area contributed by atoms with Crippen LogP contribution in [0.25, 0.3) is 0 Å². The topological polar surface area (TPSA) is 81.8 Å². The summed E-state index contributed by atoms with van der Waals surface area (Å²) in [5.41, 5.74) is -0.865. The minimum absolute atomic E-state index is 0.0257. The van der Waals surface area contributed by atoms with Gasteiger partial charge in [0.05, 0.1) is 29.4 Å². The normalized spacial score (nSPS) is 19.8. The second-order valence-electron chi connectivity index (χ2n) is 7.96. The van der Waals surface area contributed by atoms with Gasteiger partial charge >= 0.3 is 12.2 Å². The van der Waals surface area contributed by atoms with Crippen LogP contribution in [0.1, 0.15) is 31.0 Å². The summed E-state index contributed by atoms with van der Waals surface area (Å²) in [4.78, 5) is 41.4. The van der Waals surface area contributed by atoms with Gasteiger partial charge in [0, 0.05) is 13.6 Å². The van der Waals surface area contributed by atoms with Crippen molar-refractivity contribution in [3.05, 3.63) is 59.3 Å². The predicted molar refractivity (Wildman–Crippen MR) is 111 cm³/mol. The Kier molecular flexibility index (Phi) is 6.34. The molecule has 1 aromatic carbocycles. The molecule has 0 unspecified atom stereocenters. The Balaban J connectivity index is 2.16. The molecular weight excluding hydrogens is 425 g/mol. The van der Waals surface area contributed by atoms with Crippen molar-refractivity contribution in [2.45, 2.75) is 32.1 Å². The molecule has 1 aromatic rings. The van der Waals surface area contributed by atoms with E-state index in [1.54, 1.807) is 13.8 Å². The number of urea groups is 1. The van der Waals surface area contributed by atoms with Crippen LogP contribution in [-0.4, -0.2) is 53.8 Å². The third-order valence-corrected chi connectivity index (χ3v) is 5.62. The fourth-order valence-electron chi connectivity index (χ4n) is 4.25. The van der Waals surface area contributed by atoms with Gasteiger partial charge in [0.1, 0.15) is 6.04 Å². The molecule has 0 fully saturated rings. The molecule has 0 saturated heterocycles. The van der Waals surface area contributed by atoms with Crippen LogP contribution in [0.5, 0.6) is 0 Å². The van der Waals surface area contributed by atoms with Crippen molar-refractivity contribution >= 4 is 17.8 Å². The molecule has 7 nitrogen and oxygen atoms in total. The number of alkyl halides is 3. The number of likely N-dealkylation sites (N-methyl/N-ethyl adjacent to an activating group) is 1. The lowest BCUT2D eigenvalue weighted by Gasteiger charge is -2.33. The van der Waals surface area contributed by atoms with E-state index < -0.39 is 41.7 Å². The lowest BCUT2D eigenvalue weighted by molar-refractivity contribution is -0.139. The Labute approximate surface area is 183 Å². The van der Waals surface area contributed by atoms with Gasteiger partial charge in [-0.15, -0.1) is 6.58 Å². The zero-order chi connectivity index (χ0) is 23.8. The fraction of sp³-hybridized carbons (Fsp3) is 0.409. The number of amides is 4. The van der Waals surface area contributed by atoms with Gasteiger partial charge in [-0.25, -0.2) is 4.79 Å². The standard InChI is InChI=1S/C22H25F3N4O3/c1-5-10-28-15-11-29(18(12(2)3)19(30)26-4)20(31)16(15)17(27-21(28)32)13-8-6-7-9-14(13)22(23,24)25/h5-9,12,17-18H,1,10-11H2,2-4H3,(H,26,30)(H,27,32)/t17-,18-/m1/s1. The van der Waals surface area contributed by atoms with E-state index >= 15 is 0 Å². The number of hydrogen-bond acceptors (Lipinski definition) is 3. The first-order valence-electron chi connectivity index (χ1n) is 10.1. The summed E-state index contributed by atoms with van der Waals surface area (Å²) < 4.78 is 41.1. The smallest absolute Gasteiger partial charge is 0.357 e. The lowest BCUT2D eigenvalue weighted by atomic mass is 9.91. The summed E-state index contributed by atoms with van der Waals surface area (Å²) in [5.74, 6) is -1.24. The maximum atomic E-state index is 13.7. The van der Waals surface area contributed by atoms with Gasteiger partial charge in [0.2, 0.25) is 5.91 Å². The van der Waals surface area contributed by atoms with Crippen molar-refractivity contribution in [1.82, 2.24) is 20.4 Å². The minimum atomic E-state index is -4.68. The van der Waals surface area contributed by atoms with Gasteiger partial charge < -0.3 is 15.5 Å². The molecule has 2 aliphatic heterocycles. The van der Waals surface area contributed by atoms with Crippen LogP contribution in [0.2, 0.25) is 0 Å². The molecule has 172 valence electrons. The lowest BCUT2D eigenvalue weighted by Crippen LogP contribution is -2.50. The number of rotatable bonds is 6. The van der Waals surface area contributed by atoms with Crippen molar-refractivity contribution in [2.75, 3.05) is 20.1 Å². The first kappa shape index (κ1) is 23.4. The third kappa shape index (κ3) is 3.96. The molecule has 0 spiro atoms. The molecule has 0 saturated carbocycles. The summed E-state index contributed by atoms with van der Waals surface area (Å²) in [6.07, 6.45) is -3.22. The maximum Gasteiger partial charge on any atom is 0.416 e. The number of halogens is 3. The van der Waals surface area contributed by atoms with Crippen LogP contribution >= 0.6 is 0 Å². The van der Waals surface area contributed by atoms with Crippen molar-refractivity contribution < 1.29 is 27.6 Å². The highest BCUT2D eigenvalue weighted by Gasteiger charge is 2.49. The predicted octanol–water partition coefficient (Wildman–Crippen LogP) is 2.82. The molecule has 32 heavy (non-hydrogen) atoms. The zero-order valence-electron chi connectivity index (χ0n) is 18.0. The molecule has 3 rings (SSSR count). The highest BCUT2D eigenvalue weighted by Crippen LogP contribution is 2.42. The van der Waals surface area contributed by atoms with E-state index in [1.807, 2.05) is 0 Å². The van der Waals surface area contributed by atoms with Crippen LogP contribution in [0, 0.1) is 5.92 Å². The number of carbonyl (C=O) groups is 3. The number of nitrogens with one attached hydrogen (secondary N) is 2. The van der Waals surface area contributed by atoms with Gasteiger partial charge in [0.15, 0.2) is 0 Å². The largest absolute Gasteiger partial charge is 0.416 e. The van der Waals surface area contributed by atoms with Gasteiger partial charge in [-0.05, 0) is 17.5 Å². The number of hydrogen-bond donors (Lipinski definition) is 2. The van der Waals surface area contributed by atoms with E-state index in [-0.39, 0.29) is 35.8 Å². The molecule has 0 bridgehead atoms. The molecule has 0 aliphatic carbocycles. The second-order valence-corrected chi connectivity index (χ2v) is 7.96. The summed E-state index contributed by atoms with van der Waals surface area (Å²) in [7, 11) is 1.45. The Morgan fingerprint density at radius 1 is 1.31 bits per heavy atom. The summed E-state index contributed by atoms with van der Waals surface area (Å²) in [6.45, 7) is 7.14. The van der Waals surface area contributed by atoms with Crippen LogP contribution in [-0.2, 0) is 15.8 Å². The quantitative estimate of drug-likeness (QED) is 0.654. The summed E-state index contributed by atoms with van der Waals surface area (Å²) in [5, 5.41) is 5.08. The number of carbonyl (C=O) groups excluding carboxylic acids is 3. The minimum Gasteiger partial charge on any atom is -0.357 e. The molecule has 2 N–H and O–H groups in total. The van der Waals surface area contributed by atoms with Crippen LogP contribution in [0.15, 0.2) is 48.2 Å². The maximum absolute atomic E-state index is 13.7. The second kappa shape index (κ2) is 8.68. The molecule has 2 aliphatic rings. The van der Waals surface area contributed by atoms with Gasteiger partial charge in [-0.1, -0.05) is 38.1 Å². The Morgan fingerprint density at radius 2 is 1.97 bits per heavy atom. The molecule has 0 radical (unpaired) electrons. The first-order valence-corrected chi connectivity index (χ1v) is 10.1. The third-order valence-electron chi connectivity index (χ3n) is 5.62. The monoisotopic (exact) mass is 450 g/mol. The highest BCUT2D eigenvalue weighted by atomic mass is 19.4. The van der Waals surface area contributed by atoms with Gasteiger partial charge in [0.25, 0.3) is 5.91 Å². The molecule has 4 amide bonds. The number of benzene rings is 1. The summed E-state index contributed by atoms with van der Waals surface area (Å²) >= 11 is 0. The van der Waals surface area contributed by atoms with Gasteiger partial charge in [-0.2, -0.15) is 13.2 Å². The highest BCUT2D eigenvalue weighted by molar-refractivity contribution is 6.03. The molecule has 10 heteroatoms. The average molecular weight is 450 g/mol.